The van der Waals surface area contributed by atoms with Gasteiger partial charge in [-0.25, -0.2) is 0 Å². The number of carbonyl (C=O) groups excluding carboxylic acids is 1. The summed E-state index contributed by atoms with van der Waals surface area (Å²) in [6, 6.07) is 0. The van der Waals surface area contributed by atoms with E-state index < -0.39 is 12.1 Å². The molecule has 8 heavy (non-hydrogen) atoms. The van der Waals surface area contributed by atoms with E-state index in [1.165, 1.54) is 0 Å². The van der Waals surface area contributed by atoms with Gasteiger partial charge in [0.15, 0.2) is 0 Å². The molecule has 1 nitrogen and oxygen atoms in total. The van der Waals surface area contributed by atoms with E-state index in [1.807, 2.05) is 0 Å². The Kier molecular flexibility index (Phi) is 1.32. The standard InChI is InChI=1S/C6H9FO/c7-4-6(5-8)2-1-3-6/h5H,1-4H2. The highest BCUT2D eigenvalue weighted by Crippen LogP contribution is 2.38. The monoisotopic (exact) mass is 116 g/mol. The lowest BCUT2D eigenvalue weighted by Crippen LogP contribution is -2.32. The third-order valence-corrected chi connectivity index (χ3v) is 1.87. The fraction of sp³-hybridized carbons (Fsp3) is 0.833. The highest BCUT2D eigenvalue weighted by atomic mass is 19.1. The molecule has 0 unspecified atom stereocenters. The van der Waals surface area contributed by atoms with E-state index in [4.69, 9.17) is 0 Å². The molecule has 0 bridgehead atoms. The molecule has 1 rings (SSSR count). The van der Waals surface area contributed by atoms with E-state index in [2.05, 4.69) is 0 Å². The van der Waals surface area contributed by atoms with Gasteiger partial charge in [-0.15, -0.1) is 0 Å². The molecule has 46 valence electrons. The Morgan fingerprint density at radius 3 is 2.25 bits per heavy atom. The fourth-order valence-electron chi connectivity index (χ4n) is 0.914. The molecule has 0 radical (unpaired) electrons. The van der Waals surface area contributed by atoms with Crippen molar-refractivity contribution in [3.63, 3.8) is 0 Å². The zero-order chi connectivity index (χ0) is 6.04. The molecule has 1 aliphatic carbocycles. The van der Waals surface area contributed by atoms with Crippen LogP contribution in [0.1, 0.15) is 19.3 Å². The predicted molar refractivity (Wildman–Crippen MR) is 28.3 cm³/mol. The molecule has 2 heteroatoms. The van der Waals surface area contributed by atoms with Crippen molar-refractivity contribution in [2.75, 3.05) is 6.67 Å². The Labute approximate surface area is 47.9 Å². The van der Waals surface area contributed by atoms with Gasteiger partial charge in [0.2, 0.25) is 0 Å². The number of halogens is 1. The van der Waals surface area contributed by atoms with Crippen LogP contribution in [0.2, 0.25) is 0 Å². The van der Waals surface area contributed by atoms with E-state index in [1.54, 1.807) is 0 Å². The van der Waals surface area contributed by atoms with E-state index in [9.17, 15) is 9.18 Å². The Morgan fingerprint density at radius 2 is 2.25 bits per heavy atom. The number of hydrogen-bond acceptors (Lipinski definition) is 1. The molecule has 0 aromatic carbocycles. The van der Waals surface area contributed by atoms with Crippen molar-refractivity contribution < 1.29 is 9.18 Å². The summed E-state index contributed by atoms with van der Waals surface area (Å²) < 4.78 is 11.9. The first-order valence-corrected chi connectivity index (χ1v) is 2.85. The topological polar surface area (TPSA) is 17.1 Å². The maximum atomic E-state index is 11.9. The van der Waals surface area contributed by atoms with Crippen molar-refractivity contribution in [2.24, 2.45) is 5.41 Å². The minimum Gasteiger partial charge on any atom is -0.303 e. The summed E-state index contributed by atoms with van der Waals surface area (Å²) in [7, 11) is 0. The zero-order valence-electron chi connectivity index (χ0n) is 4.69. The Hall–Kier alpha value is -0.400. The molecule has 1 aliphatic rings. The van der Waals surface area contributed by atoms with Gasteiger partial charge < -0.3 is 4.79 Å². The average molecular weight is 116 g/mol. The third-order valence-electron chi connectivity index (χ3n) is 1.87. The molecule has 0 amide bonds. The lowest BCUT2D eigenvalue weighted by atomic mass is 9.71. The molecule has 0 N–H and O–H groups in total. The lowest BCUT2D eigenvalue weighted by molar-refractivity contribution is -0.121. The fourth-order valence-corrected chi connectivity index (χ4v) is 0.914. The summed E-state index contributed by atoms with van der Waals surface area (Å²) >= 11 is 0. The molecule has 0 spiro atoms. The first-order chi connectivity index (χ1) is 3.83. The predicted octanol–water partition coefficient (Wildman–Crippen LogP) is 1.33. The molecule has 0 saturated heterocycles. The number of aldehydes is 1. The van der Waals surface area contributed by atoms with Crippen LogP contribution in [-0.4, -0.2) is 13.0 Å². The molecule has 0 aromatic heterocycles. The summed E-state index contributed by atoms with van der Waals surface area (Å²) in [5, 5.41) is 0. The van der Waals surface area contributed by atoms with Crippen molar-refractivity contribution in [3.8, 4) is 0 Å². The summed E-state index contributed by atoms with van der Waals surface area (Å²) in [4.78, 5) is 10.1. The van der Waals surface area contributed by atoms with Crippen LogP contribution in [0.3, 0.4) is 0 Å². The summed E-state index contributed by atoms with van der Waals surface area (Å²) in [5.74, 6) is 0. The largest absolute Gasteiger partial charge is 0.303 e. The van der Waals surface area contributed by atoms with Gasteiger partial charge in [-0.2, -0.15) is 0 Å². The van der Waals surface area contributed by atoms with Crippen LogP contribution in [0.15, 0.2) is 0 Å². The van der Waals surface area contributed by atoms with Crippen LogP contribution in [0.25, 0.3) is 0 Å². The van der Waals surface area contributed by atoms with Gasteiger partial charge in [0.25, 0.3) is 0 Å². The molecule has 0 atom stereocenters. The zero-order valence-corrected chi connectivity index (χ0v) is 4.69. The van der Waals surface area contributed by atoms with Crippen molar-refractivity contribution in [1.29, 1.82) is 0 Å². The van der Waals surface area contributed by atoms with Gasteiger partial charge in [-0.3, -0.25) is 4.39 Å². The van der Waals surface area contributed by atoms with Gasteiger partial charge in [0.05, 0.1) is 5.41 Å². The molecular weight excluding hydrogens is 107 g/mol. The molecule has 0 heterocycles. The number of carbonyl (C=O) groups is 1. The van der Waals surface area contributed by atoms with Crippen molar-refractivity contribution in [1.82, 2.24) is 0 Å². The second kappa shape index (κ2) is 1.84. The smallest absolute Gasteiger partial charge is 0.128 e. The van der Waals surface area contributed by atoms with Crippen LogP contribution >= 0.6 is 0 Å². The minimum atomic E-state index is -0.542. The molecule has 1 fully saturated rings. The second-order valence-corrected chi connectivity index (χ2v) is 2.47. The quantitative estimate of drug-likeness (QED) is 0.497. The lowest BCUT2D eigenvalue weighted by Gasteiger charge is -2.33. The Bertz CT molecular complexity index is 91.2. The highest BCUT2D eigenvalue weighted by Gasteiger charge is 2.36. The van der Waals surface area contributed by atoms with E-state index in [0.717, 1.165) is 25.5 Å². The van der Waals surface area contributed by atoms with Crippen LogP contribution in [0, 0.1) is 5.41 Å². The van der Waals surface area contributed by atoms with E-state index in [0.29, 0.717) is 0 Å². The van der Waals surface area contributed by atoms with Gasteiger partial charge in [0.1, 0.15) is 13.0 Å². The van der Waals surface area contributed by atoms with E-state index >= 15 is 0 Å². The van der Waals surface area contributed by atoms with Crippen LogP contribution in [0.4, 0.5) is 4.39 Å². The van der Waals surface area contributed by atoms with Crippen molar-refractivity contribution >= 4 is 6.29 Å². The molecule has 0 aliphatic heterocycles. The van der Waals surface area contributed by atoms with Gasteiger partial charge in [-0.1, -0.05) is 6.42 Å². The molecule has 0 aromatic rings. The Balaban J connectivity index is 2.45. The van der Waals surface area contributed by atoms with Gasteiger partial charge in [0, 0.05) is 0 Å². The van der Waals surface area contributed by atoms with Gasteiger partial charge in [-0.05, 0) is 12.8 Å². The summed E-state index contributed by atoms with van der Waals surface area (Å²) in [5.41, 5.74) is -0.542. The van der Waals surface area contributed by atoms with Gasteiger partial charge >= 0.3 is 0 Å². The van der Waals surface area contributed by atoms with Crippen LogP contribution < -0.4 is 0 Å². The third kappa shape index (κ3) is 0.641. The maximum Gasteiger partial charge on any atom is 0.128 e. The van der Waals surface area contributed by atoms with Crippen molar-refractivity contribution in [3.05, 3.63) is 0 Å². The average Bonchev–Trinajstić information content (AvgIpc) is 1.67. The normalized spacial score (nSPS) is 24.1. The maximum absolute atomic E-state index is 11.9. The summed E-state index contributed by atoms with van der Waals surface area (Å²) in [6.45, 7) is -0.462. The van der Waals surface area contributed by atoms with Crippen LogP contribution in [0.5, 0.6) is 0 Å². The number of rotatable bonds is 2. The summed E-state index contributed by atoms with van der Waals surface area (Å²) in [6.07, 6.45) is 3.29. The molecular formula is C6H9FO. The Morgan fingerprint density at radius 1 is 1.62 bits per heavy atom. The first kappa shape index (κ1) is 5.73. The van der Waals surface area contributed by atoms with Crippen LogP contribution in [-0.2, 0) is 4.79 Å². The SMILES string of the molecule is O=CC1(CF)CCC1. The number of alkyl halides is 1. The molecule has 1 saturated carbocycles. The highest BCUT2D eigenvalue weighted by molar-refractivity contribution is 5.60. The minimum absolute atomic E-state index is 0.462. The van der Waals surface area contributed by atoms with E-state index in [-0.39, 0.29) is 0 Å². The van der Waals surface area contributed by atoms with Crippen molar-refractivity contribution in [2.45, 2.75) is 19.3 Å². The second-order valence-electron chi connectivity index (χ2n) is 2.47. The first-order valence-electron chi connectivity index (χ1n) is 2.85. The number of hydrogen-bond donors (Lipinski definition) is 0.